The van der Waals surface area contributed by atoms with Crippen molar-refractivity contribution in [1.29, 1.82) is 0 Å². The van der Waals surface area contributed by atoms with Crippen LogP contribution in [0, 0.1) is 0 Å². The SMILES string of the molecule is CCOC(=O)c1ccc(NC2=C(Cl)C(=O)N(c3ccc(C(=O)OC(C)C)cc3)C2=O)cc1. The highest BCUT2D eigenvalue weighted by Crippen LogP contribution is 2.30. The third kappa shape index (κ3) is 4.81. The van der Waals surface area contributed by atoms with Crippen LogP contribution in [0.5, 0.6) is 0 Å². The summed E-state index contributed by atoms with van der Waals surface area (Å²) in [6, 6.07) is 12.1. The van der Waals surface area contributed by atoms with E-state index in [1.807, 2.05) is 0 Å². The van der Waals surface area contributed by atoms with Crippen molar-refractivity contribution >= 4 is 46.7 Å². The molecule has 0 spiro atoms. The fourth-order valence-electron chi connectivity index (χ4n) is 2.92. The van der Waals surface area contributed by atoms with Crippen LogP contribution in [0.15, 0.2) is 59.3 Å². The first-order valence-electron chi connectivity index (χ1n) is 9.86. The number of amides is 2. The van der Waals surface area contributed by atoms with Crippen molar-refractivity contribution in [2.45, 2.75) is 26.9 Å². The molecule has 8 nitrogen and oxygen atoms in total. The highest BCUT2D eigenvalue weighted by Gasteiger charge is 2.39. The van der Waals surface area contributed by atoms with E-state index in [0.717, 1.165) is 4.90 Å². The Hall–Kier alpha value is -3.65. The number of anilines is 2. The molecule has 2 amide bonds. The molecule has 3 rings (SSSR count). The average Bonchev–Trinajstić information content (AvgIpc) is 2.97. The number of benzene rings is 2. The highest BCUT2D eigenvalue weighted by atomic mass is 35.5. The zero-order chi connectivity index (χ0) is 23.4. The molecule has 0 aromatic heterocycles. The Morgan fingerprint density at radius 3 is 2.06 bits per heavy atom. The number of imide groups is 1. The molecule has 9 heteroatoms. The molecule has 0 radical (unpaired) electrons. The van der Waals surface area contributed by atoms with Gasteiger partial charge < -0.3 is 14.8 Å². The number of rotatable bonds is 7. The minimum absolute atomic E-state index is 0.0937. The lowest BCUT2D eigenvalue weighted by atomic mass is 10.2. The second kappa shape index (κ2) is 9.65. The highest BCUT2D eigenvalue weighted by molar-refractivity contribution is 6.53. The lowest BCUT2D eigenvalue weighted by Crippen LogP contribution is -2.32. The molecule has 2 aromatic carbocycles. The molecule has 0 saturated heterocycles. The molecule has 1 N–H and O–H groups in total. The summed E-state index contributed by atoms with van der Waals surface area (Å²) in [5, 5.41) is 2.56. The normalized spacial score (nSPS) is 13.6. The van der Waals surface area contributed by atoms with Crippen LogP contribution in [0.2, 0.25) is 0 Å². The zero-order valence-corrected chi connectivity index (χ0v) is 18.4. The van der Waals surface area contributed by atoms with Gasteiger partial charge in [0.05, 0.1) is 29.5 Å². The average molecular weight is 457 g/mol. The summed E-state index contributed by atoms with van der Waals surface area (Å²) in [5.74, 6) is -2.31. The first-order valence-corrected chi connectivity index (χ1v) is 10.2. The monoisotopic (exact) mass is 456 g/mol. The first-order chi connectivity index (χ1) is 15.2. The molecule has 0 bridgehead atoms. The molecule has 1 aliphatic heterocycles. The van der Waals surface area contributed by atoms with Crippen molar-refractivity contribution in [3.63, 3.8) is 0 Å². The van der Waals surface area contributed by atoms with E-state index in [4.69, 9.17) is 21.1 Å². The van der Waals surface area contributed by atoms with E-state index in [0.29, 0.717) is 16.8 Å². The van der Waals surface area contributed by atoms with Crippen LogP contribution >= 0.6 is 11.6 Å². The van der Waals surface area contributed by atoms with Crippen molar-refractivity contribution in [1.82, 2.24) is 0 Å². The molecule has 0 fully saturated rings. The largest absolute Gasteiger partial charge is 0.462 e. The molecule has 2 aromatic rings. The van der Waals surface area contributed by atoms with Crippen LogP contribution in [0.1, 0.15) is 41.5 Å². The molecule has 0 atom stereocenters. The number of hydrogen-bond donors (Lipinski definition) is 1. The Kier molecular flexibility index (Phi) is 6.95. The minimum atomic E-state index is -0.695. The van der Waals surface area contributed by atoms with Crippen LogP contribution in [-0.4, -0.2) is 36.5 Å². The molecular weight excluding hydrogens is 436 g/mol. The third-order valence-corrected chi connectivity index (χ3v) is 4.75. The molecule has 0 aliphatic carbocycles. The van der Waals surface area contributed by atoms with Crippen LogP contribution in [0.4, 0.5) is 11.4 Å². The van der Waals surface area contributed by atoms with Crippen molar-refractivity contribution in [3.8, 4) is 0 Å². The topological polar surface area (TPSA) is 102 Å². The maximum absolute atomic E-state index is 12.9. The Balaban J connectivity index is 1.76. The summed E-state index contributed by atoms with van der Waals surface area (Å²) in [5.41, 5.74) is 1.27. The van der Waals surface area contributed by atoms with Gasteiger partial charge in [-0.2, -0.15) is 0 Å². The lowest BCUT2D eigenvalue weighted by Gasteiger charge is -2.16. The van der Waals surface area contributed by atoms with Crippen LogP contribution < -0.4 is 10.2 Å². The van der Waals surface area contributed by atoms with Gasteiger partial charge in [-0.25, -0.2) is 14.5 Å². The number of nitrogens with zero attached hydrogens (tertiary/aromatic N) is 1. The van der Waals surface area contributed by atoms with Crippen molar-refractivity contribution in [2.75, 3.05) is 16.8 Å². The smallest absolute Gasteiger partial charge is 0.338 e. The van der Waals surface area contributed by atoms with Gasteiger partial charge >= 0.3 is 11.9 Å². The third-order valence-electron chi connectivity index (χ3n) is 4.40. The predicted octanol–water partition coefficient (Wildman–Crippen LogP) is 3.86. The Labute approximate surface area is 189 Å². The van der Waals surface area contributed by atoms with E-state index in [1.54, 1.807) is 32.9 Å². The van der Waals surface area contributed by atoms with Crippen molar-refractivity contribution < 1.29 is 28.7 Å². The number of esters is 2. The summed E-state index contributed by atoms with van der Waals surface area (Å²) >= 11 is 6.14. The van der Waals surface area contributed by atoms with Gasteiger partial charge in [0.25, 0.3) is 11.8 Å². The van der Waals surface area contributed by atoms with Crippen LogP contribution in [0.3, 0.4) is 0 Å². The molecule has 1 aliphatic rings. The quantitative estimate of drug-likeness (QED) is 0.498. The number of hydrogen-bond acceptors (Lipinski definition) is 7. The standard InChI is InChI=1S/C23H21ClN2O6/c1-4-31-22(29)14-5-9-16(10-6-14)25-19-18(24)20(27)26(21(19)28)17-11-7-15(8-12-17)23(30)32-13(2)3/h5-13,25H,4H2,1-3H3. The maximum Gasteiger partial charge on any atom is 0.338 e. The van der Waals surface area contributed by atoms with E-state index >= 15 is 0 Å². The van der Waals surface area contributed by atoms with Crippen LogP contribution in [-0.2, 0) is 19.1 Å². The van der Waals surface area contributed by atoms with Gasteiger partial charge in [-0.3, -0.25) is 9.59 Å². The van der Waals surface area contributed by atoms with Crippen molar-refractivity contribution in [2.24, 2.45) is 0 Å². The number of carbonyl (C=O) groups is 4. The first kappa shape index (κ1) is 23.0. The van der Waals surface area contributed by atoms with Gasteiger partial charge in [0.1, 0.15) is 10.7 Å². The molecule has 0 saturated carbocycles. The summed E-state index contributed by atoms with van der Waals surface area (Å²) in [6.07, 6.45) is -0.271. The van der Waals surface area contributed by atoms with Gasteiger partial charge in [-0.1, -0.05) is 11.6 Å². The molecule has 1 heterocycles. The molecule has 0 unspecified atom stereocenters. The number of halogens is 1. The fraction of sp³-hybridized carbons (Fsp3) is 0.217. The number of carbonyl (C=O) groups excluding carboxylic acids is 4. The van der Waals surface area contributed by atoms with E-state index < -0.39 is 23.8 Å². The molecular formula is C23H21ClN2O6. The number of ether oxygens (including phenoxy) is 2. The predicted molar refractivity (Wildman–Crippen MR) is 118 cm³/mol. The van der Waals surface area contributed by atoms with E-state index in [1.165, 1.54) is 36.4 Å². The minimum Gasteiger partial charge on any atom is -0.462 e. The Morgan fingerprint density at radius 2 is 1.50 bits per heavy atom. The second-order valence-electron chi connectivity index (χ2n) is 7.06. The Morgan fingerprint density at radius 1 is 0.938 bits per heavy atom. The van der Waals surface area contributed by atoms with Crippen LogP contribution in [0.25, 0.3) is 0 Å². The van der Waals surface area contributed by atoms with Gasteiger partial charge in [0.15, 0.2) is 0 Å². The van der Waals surface area contributed by atoms with Gasteiger partial charge in [0, 0.05) is 5.69 Å². The van der Waals surface area contributed by atoms with E-state index in [-0.39, 0.29) is 29.1 Å². The molecule has 32 heavy (non-hydrogen) atoms. The van der Waals surface area contributed by atoms with Gasteiger partial charge in [-0.05, 0) is 69.3 Å². The van der Waals surface area contributed by atoms with Gasteiger partial charge in [-0.15, -0.1) is 0 Å². The fourth-order valence-corrected chi connectivity index (χ4v) is 3.14. The summed E-state index contributed by atoms with van der Waals surface area (Å²) in [4.78, 5) is 50.2. The van der Waals surface area contributed by atoms with E-state index in [9.17, 15) is 19.2 Å². The Bertz CT molecular complexity index is 1090. The summed E-state index contributed by atoms with van der Waals surface area (Å²) in [7, 11) is 0. The summed E-state index contributed by atoms with van der Waals surface area (Å²) < 4.78 is 10.1. The van der Waals surface area contributed by atoms with Gasteiger partial charge in [0.2, 0.25) is 0 Å². The molecule has 166 valence electrons. The maximum atomic E-state index is 12.9. The zero-order valence-electron chi connectivity index (χ0n) is 17.7. The summed E-state index contributed by atoms with van der Waals surface area (Å²) in [6.45, 7) is 5.44. The lowest BCUT2D eigenvalue weighted by molar-refractivity contribution is -0.120. The van der Waals surface area contributed by atoms with E-state index in [2.05, 4.69) is 5.32 Å². The second-order valence-corrected chi connectivity index (χ2v) is 7.44. The number of nitrogens with one attached hydrogen (secondary N) is 1. The van der Waals surface area contributed by atoms with Crippen molar-refractivity contribution in [3.05, 3.63) is 70.4 Å².